The standard InChI is InChI=1S/C31H34OS/c1-3-4-5-6-7-8-9-10-15-32-27-14-13-24-19-29-28-18-23-12-11-22(2)16-25(23)20-30(28)33-31(29)21-26(24)17-27/h11-14,16-21H,3-10,15H2,1-2H3. The molecule has 1 nitrogen and oxygen atoms in total. The third-order valence-electron chi connectivity index (χ3n) is 6.78. The maximum atomic E-state index is 6.10. The number of ether oxygens (including phenoxy) is 1. The van der Waals surface area contributed by atoms with Gasteiger partial charge in [0, 0.05) is 20.2 Å². The topological polar surface area (TPSA) is 9.23 Å². The van der Waals surface area contributed by atoms with Crippen LogP contribution in [-0.4, -0.2) is 6.61 Å². The van der Waals surface area contributed by atoms with E-state index in [1.807, 2.05) is 11.3 Å². The molecule has 0 radical (unpaired) electrons. The van der Waals surface area contributed by atoms with Crippen molar-refractivity contribution in [3.05, 3.63) is 66.2 Å². The van der Waals surface area contributed by atoms with Gasteiger partial charge in [-0.2, -0.15) is 0 Å². The van der Waals surface area contributed by atoms with Gasteiger partial charge in [0.2, 0.25) is 0 Å². The second kappa shape index (κ2) is 10.1. The third kappa shape index (κ3) is 5.01. The van der Waals surface area contributed by atoms with Crippen molar-refractivity contribution in [1.82, 2.24) is 0 Å². The molecule has 2 heteroatoms. The van der Waals surface area contributed by atoms with Gasteiger partial charge in [-0.05, 0) is 71.3 Å². The zero-order chi connectivity index (χ0) is 22.6. The highest BCUT2D eigenvalue weighted by Gasteiger charge is 2.09. The molecule has 0 N–H and O–H groups in total. The van der Waals surface area contributed by atoms with Crippen LogP contribution in [0.4, 0.5) is 0 Å². The smallest absolute Gasteiger partial charge is 0.119 e. The molecule has 170 valence electrons. The summed E-state index contributed by atoms with van der Waals surface area (Å²) in [4.78, 5) is 0. The molecule has 0 aliphatic rings. The second-order valence-corrected chi connectivity index (χ2v) is 10.6. The Labute approximate surface area is 201 Å². The van der Waals surface area contributed by atoms with E-state index in [0.717, 1.165) is 18.8 Å². The third-order valence-corrected chi connectivity index (χ3v) is 7.90. The largest absolute Gasteiger partial charge is 0.494 e. The Kier molecular flexibility index (Phi) is 6.83. The van der Waals surface area contributed by atoms with Crippen molar-refractivity contribution in [3.8, 4) is 5.75 Å². The van der Waals surface area contributed by atoms with Crippen molar-refractivity contribution < 1.29 is 4.74 Å². The number of aryl methyl sites for hydroxylation is 1. The average Bonchev–Trinajstić information content (AvgIpc) is 3.16. The van der Waals surface area contributed by atoms with E-state index in [-0.39, 0.29) is 0 Å². The summed E-state index contributed by atoms with van der Waals surface area (Å²) in [7, 11) is 0. The molecule has 4 aromatic carbocycles. The first-order valence-corrected chi connectivity index (χ1v) is 13.5. The SMILES string of the molecule is CCCCCCCCCCOc1ccc2cc3c(cc2c1)sc1cc2cc(C)ccc2cc13. The zero-order valence-electron chi connectivity index (χ0n) is 20.0. The lowest BCUT2D eigenvalue weighted by molar-refractivity contribution is 0.304. The number of thiophene rings is 1. The van der Waals surface area contributed by atoms with Crippen LogP contribution >= 0.6 is 11.3 Å². The summed E-state index contributed by atoms with van der Waals surface area (Å²) in [5.41, 5.74) is 1.31. The number of benzene rings is 4. The molecule has 0 amide bonds. The Balaban J connectivity index is 1.29. The van der Waals surface area contributed by atoms with Crippen molar-refractivity contribution in [2.24, 2.45) is 0 Å². The van der Waals surface area contributed by atoms with Crippen molar-refractivity contribution >= 4 is 53.1 Å². The predicted molar refractivity (Wildman–Crippen MR) is 147 cm³/mol. The van der Waals surface area contributed by atoms with Crippen LogP contribution in [0.5, 0.6) is 5.75 Å². The highest BCUT2D eigenvalue weighted by molar-refractivity contribution is 7.26. The Morgan fingerprint density at radius 3 is 1.91 bits per heavy atom. The minimum absolute atomic E-state index is 0.817. The van der Waals surface area contributed by atoms with Crippen LogP contribution in [0.25, 0.3) is 41.7 Å². The van der Waals surface area contributed by atoms with Crippen molar-refractivity contribution in [2.45, 2.75) is 65.2 Å². The van der Waals surface area contributed by atoms with Gasteiger partial charge in [-0.15, -0.1) is 11.3 Å². The lowest BCUT2D eigenvalue weighted by Gasteiger charge is -2.08. The van der Waals surface area contributed by atoms with E-state index in [2.05, 4.69) is 74.5 Å². The minimum Gasteiger partial charge on any atom is -0.494 e. The Bertz CT molecular complexity index is 1390. The molecule has 0 unspecified atom stereocenters. The summed E-state index contributed by atoms with van der Waals surface area (Å²) in [5, 5.41) is 7.92. The van der Waals surface area contributed by atoms with Gasteiger partial charge >= 0.3 is 0 Å². The zero-order valence-corrected chi connectivity index (χ0v) is 20.8. The Morgan fingerprint density at radius 1 is 0.606 bits per heavy atom. The molecule has 0 saturated heterocycles. The summed E-state index contributed by atoms with van der Waals surface area (Å²) in [6.07, 6.45) is 10.6. The molecule has 5 rings (SSSR count). The Morgan fingerprint density at radius 2 is 1.21 bits per heavy atom. The molecule has 0 aliphatic carbocycles. The van der Waals surface area contributed by atoms with Crippen LogP contribution in [0.1, 0.15) is 63.9 Å². The summed E-state index contributed by atoms with van der Waals surface area (Å²) < 4.78 is 8.81. The molecule has 0 fully saturated rings. The van der Waals surface area contributed by atoms with Crippen LogP contribution in [0, 0.1) is 6.92 Å². The molecule has 1 heterocycles. The van der Waals surface area contributed by atoms with E-state index in [1.165, 1.54) is 92.2 Å². The number of hydrogen-bond donors (Lipinski definition) is 0. The van der Waals surface area contributed by atoms with E-state index in [9.17, 15) is 0 Å². The number of unbranched alkanes of at least 4 members (excludes halogenated alkanes) is 7. The van der Waals surface area contributed by atoms with Gasteiger partial charge in [0.1, 0.15) is 5.75 Å². The molecular formula is C31H34OS. The van der Waals surface area contributed by atoms with Gasteiger partial charge in [0.05, 0.1) is 6.61 Å². The van der Waals surface area contributed by atoms with E-state index in [4.69, 9.17) is 4.74 Å². The van der Waals surface area contributed by atoms with E-state index < -0.39 is 0 Å². The number of fused-ring (bicyclic) bond motifs is 5. The summed E-state index contributed by atoms with van der Waals surface area (Å²) in [5.74, 6) is 0.993. The fourth-order valence-electron chi connectivity index (χ4n) is 4.88. The minimum atomic E-state index is 0.817. The van der Waals surface area contributed by atoms with Gasteiger partial charge in [-0.1, -0.05) is 81.7 Å². The normalized spacial score (nSPS) is 11.8. The van der Waals surface area contributed by atoms with E-state index >= 15 is 0 Å². The molecule has 5 aromatic rings. The van der Waals surface area contributed by atoms with Gasteiger partial charge < -0.3 is 4.74 Å². The van der Waals surface area contributed by atoms with Crippen LogP contribution in [0.3, 0.4) is 0 Å². The first-order chi connectivity index (χ1) is 16.2. The van der Waals surface area contributed by atoms with E-state index in [1.54, 1.807) is 0 Å². The fourth-order valence-corrected chi connectivity index (χ4v) is 6.04. The molecule has 0 bridgehead atoms. The summed E-state index contributed by atoms with van der Waals surface area (Å²) in [6, 6.07) is 22.7. The molecular weight excluding hydrogens is 420 g/mol. The number of hydrogen-bond acceptors (Lipinski definition) is 2. The van der Waals surface area contributed by atoms with Gasteiger partial charge in [-0.25, -0.2) is 0 Å². The molecule has 33 heavy (non-hydrogen) atoms. The van der Waals surface area contributed by atoms with Gasteiger partial charge in [-0.3, -0.25) is 0 Å². The van der Waals surface area contributed by atoms with Crippen LogP contribution in [-0.2, 0) is 0 Å². The molecule has 1 aromatic heterocycles. The fraction of sp³-hybridized carbons (Fsp3) is 0.355. The van der Waals surface area contributed by atoms with Crippen molar-refractivity contribution in [1.29, 1.82) is 0 Å². The van der Waals surface area contributed by atoms with Crippen LogP contribution < -0.4 is 4.74 Å². The average molecular weight is 455 g/mol. The van der Waals surface area contributed by atoms with Gasteiger partial charge in [0.15, 0.2) is 0 Å². The molecule has 0 spiro atoms. The lowest BCUT2D eigenvalue weighted by atomic mass is 10.0. The predicted octanol–water partition coefficient (Wildman–Crippen LogP) is 10.2. The van der Waals surface area contributed by atoms with Crippen molar-refractivity contribution in [2.75, 3.05) is 6.61 Å². The maximum Gasteiger partial charge on any atom is 0.119 e. The first-order valence-electron chi connectivity index (χ1n) is 12.6. The van der Waals surface area contributed by atoms with Crippen molar-refractivity contribution in [3.63, 3.8) is 0 Å². The number of rotatable bonds is 10. The Hall–Kier alpha value is -2.58. The van der Waals surface area contributed by atoms with E-state index in [0.29, 0.717) is 0 Å². The highest BCUT2D eigenvalue weighted by atomic mass is 32.1. The van der Waals surface area contributed by atoms with Crippen LogP contribution in [0.2, 0.25) is 0 Å². The molecule has 0 atom stereocenters. The monoisotopic (exact) mass is 454 g/mol. The molecule has 0 saturated carbocycles. The quantitative estimate of drug-likeness (QED) is 0.191. The van der Waals surface area contributed by atoms with Gasteiger partial charge in [0.25, 0.3) is 0 Å². The highest BCUT2D eigenvalue weighted by Crippen LogP contribution is 2.39. The molecule has 0 aliphatic heterocycles. The maximum absolute atomic E-state index is 6.10. The summed E-state index contributed by atoms with van der Waals surface area (Å²) >= 11 is 1.90. The summed E-state index contributed by atoms with van der Waals surface area (Å²) in [6.45, 7) is 5.25. The first kappa shape index (κ1) is 22.2. The van der Waals surface area contributed by atoms with Crippen LogP contribution in [0.15, 0.2) is 60.7 Å². The lowest BCUT2D eigenvalue weighted by Crippen LogP contribution is -1.97. The second-order valence-electron chi connectivity index (χ2n) is 9.48.